The summed E-state index contributed by atoms with van der Waals surface area (Å²) in [5.41, 5.74) is 1.84. The molecule has 0 aromatic heterocycles. The Morgan fingerprint density at radius 3 is 2.25 bits per heavy atom. The number of carbonyl (C=O) groups is 1. The van der Waals surface area contributed by atoms with Crippen molar-refractivity contribution in [1.82, 2.24) is 9.96 Å². The third-order valence-electron chi connectivity index (χ3n) is 6.35. The molecule has 8 heteroatoms. The Bertz CT molecular complexity index is 898. The van der Waals surface area contributed by atoms with Crippen molar-refractivity contribution in [2.75, 3.05) is 7.05 Å². The number of aliphatic hydroxyl groups excluding tert-OH is 2. The zero-order valence-corrected chi connectivity index (χ0v) is 18.4. The number of aliphatic hydroxyl groups is 2. The van der Waals surface area contributed by atoms with Crippen LogP contribution in [0, 0.1) is 0 Å². The fourth-order valence-corrected chi connectivity index (χ4v) is 4.24. The first kappa shape index (κ1) is 22.7. The molecule has 0 spiro atoms. The van der Waals surface area contributed by atoms with Gasteiger partial charge >= 0.3 is 6.09 Å². The zero-order chi connectivity index (χ0) is 22.8. The van der Waals surface area contributed by atoms with Gasteiger partial charge in [-0.05, 0) is 32.0 Å². The summed E-state index contributed by atoms with van der Waals surface area (Å²) in [4.78, 5) is 20.6. The van der Waals surface area contributed by atoms with E-state index in [9.17, 15) is 15.0 Å². The maximum atomic E-state index is 12.8. The molecule has 2 heterocycles. The average Bonchev–Trinajstić information content (AvgIpc) is 3.11. The molecule has 32 heavy (non-hydrogen) atoms. The van der Waals surface area contributed by atoms with Crippen LogP contribution in [0.3, 0.4) is 0 Å². The number of hydrogen-bond acceptors (Lipinski definition) is 7. The van der Waals surface area contributed by atoms with Crippen LogP contribution in [0.25, 0.3) is 0 Å². The number of ether oxygens (including phenoxy) is 2. The SMILES string of the molecule is C[C@H]1[C@H](O)[C@H](O)[C@@H]([C@@H]2O[C@H](c3ccccc3)[C@H](C)N2C)ON1C(=O)OCc1ccccc1. The van der Waals surface area contributed by atoms with Gasteiger partial charge in [-0.25, -0.2) is 4.79 Å². The zero-order valence-electron chi connectivity index (χ0n) is 18.4. The Morgan fingerprint density at radius 1 is 0.969 bits per heavy atom. The molecule has 172 valence electrons. The summed E-state index contributed by atoms with van der Waals surface area (Å²) in [6.45, 7) is 3.70. The van der Waals surface area contributed by atoms with Crippen LogP contribution in [0.4, 0.5) is 4.79 Å². The lowest BCUT2D eigenvalue weighted by Gasteiger charge is -2.44. The molecule has 2 aliphatic rings. The number of hydrogen-bond donors (Lipinski definition) is 2. The lowest BCUT2D eigenvalue weighted by Crippen LogP contribution is -2.64. The second-order valence-electron chi connectivity index (χ2n) is 8.42. The molecule has 2 saturated heterocycles. The summed E-state index contributed by atoms with van der Waals surface area (Å²) >= 11 is 0. The molecule has 4 rings (SSSR count). The van der Waals surface area contributed by atoms with E-state index in [0.717, 1.165) is 16.2 Å². The molecule has 7 atom stereocenters. The van der Waals surface area contributed by atoms with Crippen LogP contribution in [0.5, 0.6) is 0 Å². The number of hydroxylamine groups is 2. The van der Waals surface area contributed by atoms with Crippen LogP contribution in [0.2, 0.25) is 0 Å². The van der Waals surface area contributed by atoms with Crippen molar-refractivity contribution in [3.8, 4) is 0 Å². The predicted molar refractivity (Wildman–Crippen MR) is 116 cm³/mol. The van der Waals surface area contributed by atoms with Crippen molar-refractivity contribution in [2.45, 2.75) is 63.2 Å². The second kappa shape index (κ2) is 9.56. The van der Waals surface area contributed by atoms with E-state index >= 15 is 0 Å². The molecule has 0 unspecified atom stereocenters. The monoisotopic (exact) mass is 442 g/mol. The molecule has 2 aromatic carbocycles. The van der Waals surface area contributed by atoms with Gasteiger partial charge in [-0.3, -0.25) is 9.74 Å². The molecule has 2 fully saturated rings. The third-order valence-corrected chi connectivity index (χ3v) is 6.35. The largest absolute Gasteiger partial charge is 0.443 e. The number of rotatable bonds is 4. The molecule has 2 aliphatic heterocycles. The number of nitrogens with zero attached hydrogens (tertiary/aromatic N) is 2. The minimum absolute atomic E-state index is 0.00632. The average molecular weight is 443 g/mol. The van der Waals surface area contributed by atoms with Crippen molar-refractivity contribution in [2.24, 2.45) is 0 Å². The van der Waals surface area contributed by atoms with Gasteiger partial charge in [-0.2, -0.15) is 5.06 Å². The van der Waals surface area contributed by atoms with Crippen molar-refractivity contribution in [3.05, 3.63) is 71.8 Å². The summed E-state index contributed by atoms with van der Waals surface area (Å²) in [5, 5.41) is 22.4. The maximum absolute atomic E-state index is 12.8. The Hall–Kier alpha value is -2.49. The normalized spacial score (nSPS) is 33.3. The summed E-state index contributed by atoms with van der Waals surface area (Å²) < 4.78 is 11.7. The van der Waals surface area contributed by atoms with Gasteiger partial charge in [-0.1, -0.05) is 60.7 Å². The van der Waals surface area contributed by atoms with E-state index in [4.69, 9.17) is 14.3 Å². The van der Waals surface area contributed by atoms with Gasteiger partial charge in [0, 0.05) is 6.04 Å². The van der Waals surface area contributed by atoms with Gasteiger partial charge in [0.15, 0.2) is 6.10 Å². The molecule has 0 radical (unpaired) electrons. The molecule has 0 saturated carbocycles. The van der Waals surface area contributed by atoms with E-state index < -0.39 is 36.7 Å². The van der Waals surface area contributed by atoms with E-state index in [1.165, 1.54) is 0 Å². The summed E-state index contributed by atoms with van der Waals surface area (Å²) in [7, 11) is 1.87. The number of carbonyl (C=O) groups excluding carboxylic acids is 1. The smallest absolute Gasteiger partial charge is 0.434 e. The first-order valence-corrected chi connectivity index (χ1v) is 10.8. The first-order valence-electron chi connectivity index (χ1n) is 10.8. The van der Waals surface area contributed by atoms with Crippen molar-refractivity contribution in [1.29, 1.82) is 0 Å². The Kier molecular flexibility index (Phi) is 6.78. The highest BCUT2D eigenvalue weighted by atomic mass is 16.8. The van der Waals surface area contributed by atoms with Gasteiger partial charge in [0.25, 0.3) is 0 Å². The Labute approximate surface area is 187 Å². The summed E-state index contributed by atoms with van der Waals surface area (Å²) in [6.07, 6.45) is -5.08. The van der Waals surface area contributed by atoms with E-state index in [1.54, 1.807) is 6.92 Å². The second-order valence-corrected chi connectivity index (χ2v) is 8.42. The van der Waals surface area contributed by atoms with E-state index in [2.05, 4.69) is 0 Å². The standard InChI is InChI=1S/C24H30N2O6/c1-15-19(27)20(28)22(32-26(15)24(29)30-14-17-10-6-4-7-11-17)23-25(3)16(2)21(31-23)18-12-8-5-9-13-18/h4-13,15-16,19-23,27-28H,14H2,1-3H3/t15-,16-,19-,20-,21-,22-,23-/m0/s1. The molecule has 8 nitrogen and oxygen atoms in total. The first-order chi connectivity index (χ1) is 15.4. The highest BCUT2D eigenvalue weighted by Gasteiger charge is 2.52. The molecule has 0 bridgehead atoms. The van der Waals surface area contributed by atoms with Crippen LogP contribution in [-0.4, -0.2) is 69.9 Å². The molecule has 1 amide bonds. The minimum Gasteiger partial charge on any atom is -0.443 e. The quantitative estimate of drug-likeness (QED) is 0.752. The lowest BCUT2D eigenvalue weighted by molar-refractivity contribution is -0.313. The van der Waals surface area contributed by atoms with Crippen LogP contribution in [-0.2, 0) is 20.9 Å². The van der Waals surface area contributed by atoms with E-state index in [0.29, 0.717) is 0 Å². The Balaban J connectivity index is 1.49. The highest BCUT2D eigenvalue weighted by Crippen LogP contribution is 2.38. The molecule has 2 N–H and O–H groups in total. The van der Waals surface area contributed by atoms with Gasteiger partial charge in [0.1, 0.15) is 31.1 Å². The van der Waals surface area contributed by atoms with Crippen LogP contribution < -0.4 is 0 Å². The fraction of sp³-hybridized carbons (Fsp3) is 0.458. The van der Waals surface area contributed by atoms with Crippen LogP contribution in [0.15, 0.2) is 60.7 Å². The maximum Gasteiger partial charge on any atom is 0.434 e. The summed E-state index contributed by atoms with van der Waals surface area (Å²) in [5.74, 6) is 0. The van der Waals surface area contributed by atoms with Crippen molar-refractivity contribution >= 4 is 6.09 Å². The fourth-order valence-electron chi connectivity index (χ4n) is 4.24. The number of likely N-dealkylation sites (N-methyl/N-ethyl adjacent to an activating group) is 1. The van der Waals surface area contributed by atoms with Gasteiger partial charge in [0.2, 0.25) is 0 Å². The van der Waals surface area contributed by atoms with Crippen LogP contribution in [0.1, 0.15) is 31.1 Å². The molecule has 2 aromatic rings. The van der Waals surface area contributed by atoms with Gasteiger partial charge in [-0.15, -0.1) is 0 Å². The highest BCUT2D eigenvalue weighted by molar-refractivity contribution is 5.67. The minimum atomic E-state index is -1.24. The van der Waals surface area contributed by atoms with E-state index in [1.807, 2.05) is 79.5 Å². The molecular formula is C24H30N2O6. The van der Waals surface area contributed by atoms with Crippen molar-refractivity contribution < 1.29 is 29.3 Å². The Morgan fingerprint density at radius 2 is 1.59 bits per heavy atom. The third kappa shape index (κ3) is 4.37. The molecular weight excluding hydrogens is 412 g/mol. The predicted octanol–water partition coefficient (Wildman–Crippen LogP) is 2.47. The van der Waals surface area contributed by atoms with Crippen molar-refractivity contribution in [3.63, 3.8) is 0 Å². The number of benzene rings is 2. The van der Waals surface area contributed by atoms with Gasteiger partial charge in [0.05, 0.1) is 6.04 Å². The summed E-state index contributed by atoms with van der Waals surface area (Å²) in [6, 6.07) is 18.3. The number of amides is 1. The lowest BCUT2D eigenvalue weighted by atomic mass is 9.98. The topological polar surface area (TPSA) is 91.7 Å². The van der Waals surface area contributed by atoms with Gasteiger partial charge < -0.3 is 19.7 Å². The molecule has 0 aliphatic carbocycles. The van der Waals surface area contributed by atoms with Crippen LogP contribution >= 0.6 is 0 Å². The van der Waals surface area contributed by atoms with E-state index in [-0.39, 0.29) is 18.8 Å².